The molecule has 1 amide bonds. The van der Waals surface area contributed by atoms with Gasteiger partial charge in [0.05, 0.1) is 5.92 Å². The number of nitrogens with zero attached hydrogens (tertiary/aromatic N) is 1. The molecule has 1 aromatic rings. The van der Waals surface area contributed by atoms with E-state index in [2.05, 4.69) is 0 Å². The number of halogens is 1. The second kappa shape index (κ2) is 7.57. The van der Waals surface area contributed by atoms with E-state index in [9.17, 15) is 19.1 Å². The normalized spacial score (nSPS) is 22.7. The molecule has 1 saturated heterocycles. The van der Waals surface area contributed by atoms with Crippen molar-refractivity contribution in [3.05, 3.63) is 35.6 Å². The zero-order chi connectivity index (χ0) is 17.0. The number of likely N-dealkylation sites (tertiary alicyclic amines) is 1. The predicted octanol–water partition coefficient (Wildman–Crippen LogP) is 2.96. The van der Waals surface area contributed by atoms with Crippen LogP contribution in [0.5, 0.6) is 0 Å². The van der Waals surface area contributed by atoms with Gasteiger partial charge in [-0.3, -0.25) is 9.59 Å². The molecule has 0 bridgehead atoms. The van der Waals surface area contributed by atoms with Crippen LogP contribution in [0.2, 0.25) is 0 Å². The Balaban J connectivity index is 1.92. The molecule has 4 nitrogen and oxygen atoms in total. The highest BCUT2D eigenvalue weighted by Gasteiger charge is 2.33. The fourth-order valence-electron chi connectivity index (χ4n) is 3.22. The number of carbonyl (C=O) groups is 2. The summed E-state index contributed by atoms with van der Waals surface area (Å²) in [5.41, 5.74) is 0.875. The van der Waals surface area contributed by atoms with Crippen LogP contribution < -0.4 is 0 Å². The van der Waals surface area contributed by atoms with E-state index in [-0.39, 0.29) is 23.6 Å². The molecule has 0 aliphatic carbocycles. The SMILES string of the molecule is CC1CC(C(=O)O)CN(C(=O)C(C)CCc2cccc(F)c2)C1. The number of benzene rings is 1. The van der Waals surface area contributed by atoms with Gasteiger partial charge in [-0.15, -0.1) is 0 Å². The van der Waals surface area contributed by atoms with Gasteiger partial charge in [-0.25, -0.2) is 4.39 Å². The summed E-state index contributed by atoms with van der Waals surface area (Å²) < 4.78 is 13.2. The van der Waals surface area contributed by atoms with Crippen LogP contribution in [0, 0.1) is 23.6 Å². The van der Waals surface area contributed by atoms with Crippen molar-refractivity contribution in [2.24, 2.45) is 17.8 Å². The topological polar surface area (TPSA) is 57.6 Å². The standard InChI is InChI=1S/C18H24FNO3/c1-12-8-15(18(22)23)11-20(10-12)17(21)13(2)6-7-14-4-3-5-16(19)9-14/h3-5,9,12-13,15H,6-8,10-11H2,1-2H3,(H,22,23). The zero-order valence-electron chi connectivity index (χ0n) is 13.7. The average Bonchev–Trinajstić information content (AvgIpc) is 2.51. The van der Waals surface area contributed by atoms with Crippen molar-refractivity contribution in [3.63, 3.8) is 0 Å². The van der Waals surface area contributed by atoms with Gasteiger partial charge in [-0.1, -0.05) is 26.0 Å². The molecule has 1 aromatic carbocycles. The van der Waals surface area contributed by atoms with Gasteiger partial charge < -0.3 is 10.0 Å². The molecule has 1 aliphatic heterocycles. The van der Waals surface area contributed by atoms with Crippen LogP contribution in [0.25, 0.3) is 0 Å². The Kier molecular flexibility index (Phi) is 5.74. The Bertz CT molecular complexity index is 575. The van der Waals surface area contributed by atoms with Gasteiger partial charge in [0.1, 0.15) is 5.82 Å². The molecular weight excluding hydrogens is 297 g/mol. The van der Waals surface area contributed by atoms with E-state index in [1.54, 1.807) is 11.0 Å². The first-order chi connectivity index (χ1) is 10.9. The summed E-state index contributed by atoms with van der Waals surface area (Å²) in [4.78, 5) is 25.4. The minimum absolute atomic E-state index is 0.000738. The molecule has 3 atom stereocenters. The maximum atomic E-state index is 13.2. The number of aryl methyl sites for hydroxylation is 1. The second-order valence-electron chi connectivity index (χ2n) is 6.69. The van der Waals surface area contributed by atoms with Crippen LogP contribution in [0.1, 0.15) is 32.3 Å². The molecule has 0 radical (unpaired) electrons. The number of hydrogen-bond donors (Lipinski definition) is 1. The van der Waals surface area contributed by atoms with E-state index in [1.807, 2.05) is 19.9 Å². The third kappa shape index (κ3) is 4.78. The molecule has 126 valence electrons. The Hall–Kier alpha value is -1.91. The van der Waals surface area contributed by atoms with Crippen LogP contribution in [-0.2, 0) is 16.0 Å². The molecule has 3 unspecified atom stereocenters. The average molecular weight is 321 g/mol. The molecular formula is C18H24FNO3. The summed E-state index contributed by atoms with van der Waals surface area (Å²) in [6, 6.07) is 6.41. The van der Waals surface area contributed by atoms with Crippen molar-refractivity contribution in [1.29, 1.82) is 0 Å². The van der Waals surface area contributed by atoms with Crippen molar-refractivity contribution in [3.8, 4) is 0 Å². The summed E-state index contributed by atoms with van der Waals surface area (Å²) >= 11 is 0. The zero-order valence-corrected chi connectivity index (χ0v) is 13.7. The van der Waals surface area contributed by atoms with Crippen molar-refractivity contribution >= 4 is 11.9 Å². The van der Waals surface area contributed by atoms with Crippen molar-refractivity contribution in [1.82, 2.24) is 4.90 Å². The van der Waals surface area contributed by atoms with Crippen molar-refractivity contribution in [2.45, 2.75) is 33.1 Å². The molecule has 23 heavy (non-hydrogen) atoms. The molecule has 5 heteroatoms. The predicted molar refractivity (Wildman–Crippen MR) is 85.4 cm³/mol. The van der Waals surface area contributed by atoms with Gasteiger partial charge in [0.25, 0.3) is 0 Å². The molecule has 1 fully saturated rings. The number of rotatable bonds is 5. The van der Waals surface area contributed by atoms with Gasteiger partial charge in [0, 0.05) is 19.0 Å². The first kappa shape index (κ1) is 17.4. The number of hydrogen-bond acceptors (Lipinski definition) is 2. The van der Waals surface area contributed by atoms with E-state index in [0.717, 1.165) is 5.56 Å². The quantitative estimate of drug-likeness (QED) is 0.907. The minimum atomic E-state index is -0.832. The van der Waals surface area contributed by atoms with Gasteiger partial charge in [-0.05, 0) is 42.9 Å². The maximum absolute atomic E-state index is 13.2. The molecule has 2 rings (SSSR count). The number of aliphatic carboxylic acids is 1. The minimum Gasteiger partial charge on any atom is -0.481 e. The fourth-order valence-corrected chi connectivity index (χ4v) is 3.22. The lowest BCUT2D eigenvalue weighted by molar-refractivity contribution is -0.148. The van der Waals surface area contributed by atoms with E-state index in [1.165, 1.54) is 12.1 Å². The maximum Gasteiger partial charge on any atom is 0.308 e. The van der Waals surface area contributed by atoms with Crippen molar-refractivity contribution < 1.29 is 19.1 Å². The third-order valence-electron chi connectivity index (χ3n) is 4.50. The summed E-state index contributed by atoms with van der Waals surface area (Å²) in [5, 5.41) is 9.20. The number of amides is 1. The largest absolute Gasteiger partial charge is 0.481 e. The summed E-state index contributed by atoms with van der Waals surface area (Å²) in [7, 11) is 0. The number of carboxylic acid groups (broad SMARTS) is 1. The highest BCUT2D eigenvalue weighted by Crippen LogP contribution is 2.24. The fraction of sp³-hybridized carbons (Fsp3) is 0.556. The number of carbonyl (C=O) groups excluding carboxylic acids is 1. The van der Waals surface area contributed by atoms with Gasteiger partial charge in [-0.2, -0.15) is 0 Å². The Labute approximate surface area is 136 Å². The van der Waals surface area contributed by atoms with E-state index in [0.29, 0.717) is 32.4 Å². The molecule has 1 aliphatic rings. The van der Waals surface area contributed by atoms with Crippen LogP contribution in [0.4, 0.5) is 4.39 Å². The van der Waals surface area contributed by atoms with Gasteiger partial charge in [0.15, 0.2) is 0 Å². The lowest BCUT2D eigenvalue weighted by Gasteiger charge is -2.36. The van der Waals surface area contributed by atoms with Crippen LogP contribution >= 0.6 is 0 Å². The Morgan fingerprint density at radius 2 is 2.13 bits per heavy atom. The number of piperidine rings is 1. The second-order valence-corrected chi connectivity index (χ2v) is 6.69. The van der Waals surface area contributed by atoms with Gasteiger partial charge >= 0.3 is 5.97 Å². The highest BCUT2D eigenvalue weighted by atomic mass is 19.1. The first-order valence-electron chi connectivity index (χ1n) is 8.13. The summed E-state index contributed by atoms with van der Waals surface area (Å²) in [6.45, 7) is 4.75. The monoisotopic (exact) mass is 321 g/mol. The highest BCUT2D eigenvalue weighted by molar-refractivity contribution is 5.80. The van der Waals surface area contributed by atoms with E-state index < -0.39 is 11.9 Å². The molecule has 1 N–H and O–H groups in total. The van der Waals surface area contributed by atoms with Gasteiger partial charge in [0.2, 0.25) is 5.91 Å². The van der Waals surface area contributed by atoms with Crippen LogP contribution in [-0.4, -0.2) is 35.0 Å². The molecule has 0 aromatic heterocycles. The molecule has 0 saturated carbocycles. The Morgan fingerprint density at radius 1 is 1.39 bits per heavy atom. The van der Waals surface area contributed by atoms with Crippen LogP contribution in [0.3, 0.4) is 0 Å². The lowest BCUT2D eigenvalue weighted by Crippen LogP contribution is -2.47. The van der Waals surface area contributed by atoms with Crippen LogP contribution in [0.15, 0.2) is 24.3 Å². The number of carboxylic acids is 1. The van der Waals surface area contributed by atoms with E-state index >= 15 is 0 Å². The first-order valence-corrected chi connectivity index (χ1v) is 8.13. The summed E-state index contributed by atoms with van der Waals surface area (Å²) in [6.07, 6.45) is 1.89. The Morgan fingerprint density at radius 3 is 2.78 bits per heavy atom. The molecule has 1 heterocycles. The third-order valence-corrected chi connectivity index (χ3v) is 4.50. The molecule has 0 spiro atoms. The van der Waals surface area contributed by atoms with E-state index in [4.69, 9.17) is 0 Å². The van der Waals surface area contributed by atoms with Crippen molar-refractivity contribution in [2.75, 3.05) is 13.1 Å². The lowest BCUT2D eigenvalue weighted by atomic mass is 9.89. The smallest absolute Gasteiger partial charge is 0.308 e. The summed E-state index contributed by atoms with van der Waals surface area (Å²) in [5.74, 6) is -1.57.